The Hall–Kier alpha value is -3.41. The number of carbonyl (C=O) groups is 1. The average Bonchev–Trinajstić information content (AvgIpc) is 2.92. The number of phenols is 1. The van der Waals surface area contributed by atoms with E-state index in [0.717, 1.165) is 27.8 Å². The van der Waals surface area contributed by atoms with E-state index in [1.54, 1.807) is 51.7 Å². The molecule has 0 amide bonds. The first-order valence-electron chi connectivity index (χ1n) is 8.67. The van der Waals surface area contributed by atoms with E-state index in [4.69, 9.17) is 14.2 Å². The number of rotatable bonds is 6. The number of benzene rings is 2. The van der Waals surface area contributed by atoms with Gasteiger partial charge in [-0.25, -0.2) is 0 Å². The SMILES string of the molecule is COc1cc(OC)c(C=C2C(C)=C(CC(=O)O)c3cc(O)ccc32)c(OC)c1. The van der Waals surface area contributed by atoms with Gasteiger partial charge in [0.25, 0.3) is 0 Å². The molecule has 0 fully saturated rings. The van der Waals surface area contributed by atoms with Crippen LogP contribution in [0.15, 0.2) is 35.9 Å². The summed E-state index contributed by atoms with van der Waals surface area (Å²) in [7, 11) is 4.70. The van der Waals surface area contributed by atoms with Crippen molar-refractivity contribution in [2.24, 2.45) is 0 Å². The number of carboxylic acids is 1. The Morgan fingerprint density at radius 1 is 1.00 bits per heavy atom. The molecule has 2 aromatic rings. The summed E-state index contributed by atoms with van der Waals surface area (Å²) in [5.41, 5.74) is 4.66. The van der Waals surface area contributed by atoms with Crippen LogP contribution < -0.4 is 14.2 Å². The second-order valence-corrected chi connectivity index (χ2v) is 6.41. The summed E-state index contributed by atoms with van der Waals surface area (Å²) < 4.78 is 16.3. The third-order valence-corrected chi connectivity index (χ3v) is 4.84. The Balaban J connectivity index is 2.25. The van der Waals surface area contributed by atoms with Gasteiger partial charge in [0.1, 0.15) is 23.0 Å². The molecular formula is C22H22O6. The van der Waals surface area contributed by atoms with Gasteiger partial charge in [-0.3, -0.25) is 4.79 Å². The molecule has 0 aromatic heterocycles. The summed E-state index contributed by atoms with van der Waals surface area (Å²) in [6.45, 7) is 1.88. The first-order valence-corrected chi connectivity index (χ1v) is 8.67. The molecule has 28 heavy (non-hydrogen) atoms. The van der Waals surface area contributed by atoms with Gasteiger partial charge in [0, 0.05) is 12.1 Å². The maximum Gasteiger partial charge on any atom is 0.307 e. The van der Waals surface area contributed by atoms with Gasteiger partial charge in [0.2, 0.25) is 0 Å². The van der Waals surface area contributed by atoms with Gasteiger partial charge < -0.3 is 24.4 Å². The third-order valence-electron chi connectivity index (χ3n) is 4.84. The summed E-state index contributed by atoms with van der Waals surface area (Å²) >= 11 is 0. The van der Waals surface area contributed by atoms with Crippen LogP contribution in [0.2, 0.25) is 0 Å². The van der Waals surface area contributed by atoms with Crippen molar-refractivity contribution in [1.82, 2.24) is 0 Å². The topological polar surface area (TPSA) is 85.2 Å². The second-order valence-electron chi connectivity index (χ2n) is 6.41. The van der Waals surface area contributed by atoms with Crippen LogP contribution in [-0.4, -0.2) is 37.5 Å². The van der Waals surface area contributed by atoms with Crippen molar-refractivity contribution in [2.75, 3.05) is 21.3 Å². The summed E-state index contributed by atoms with van der Waals surface area (Å²) in [5, 5.41) is 19.2. The van der Waals surface area contributed by atoms with Crippen LogP contribution in [0, 0.1) is 0 Å². The van der Waals surface area contributed by atoms with Gasteiger partial charge in [-0.05, 0) is 53.0 Å². The maximum absolute atomic E-state index is 11.4. The minimum atomic E-state index is -0.926. The zero-order chi connectivity index (χ0) is 20.4. The van der Waals surface area contributed by atoms with Gasteiger partial charge in [0.15, 0.2) is 0 Å². The summed E-state index contributed by atoms with van der Waals surface area (Å²) in [6.07, 6.45) is 1.79. The first kappa shape index (κ1) is 19.4. The highest BCUT2D eigenvalue weighted by Crippen LogP contribution is 2.46. The molecule has 0 saturated carbocycles. The van der Waals surface area contributed by atoms with E-state index in [0.29, 0.717) is 22.8 Å². The van der Waals surface area contributed by atoms with E-state index >= 15 is 0 Å². The molecule has 0 heterocycles. The van der Waals surface area contributed by atoms with Crippen molar-refractivity contribution in [2.45, 2.75) is 13.3 Å². The molecule has 2 aromatic carbocycles. The van der Waals surface area contributed by atoms with Crippen LogP contribution >= 0.6 is 0 Å². The highest BCUT2D eigenvalue weighted by atomic mass is 16.5. The lowest BCUT2D eigenvalue weighted by atomic mass is 9.99. The largest absolute Gasteiger partial charge is 0.508 e. The number of aromatic hydroxyl groups is 1. The maximum atomic E-state index is 11.4. The Kier molecular flexibility index (Phi) is 5.31. The minimum absolute atomic E-state index is 0.0929. The van der Waals surface area contributed by atoms with Crippen LogP contribution in [0.3, 0.4) is 0 Å². The molecule has 1 aliphatic rings. The van der Waals surface area contributed by atoms with Crippen molar-refractivity contribution in [3.63, 3.8) is 0 Å². The Labute approximate surface area is 163 Å². The fourth-order valence-corrected chi connectivity index (χ4v) is 3.47. The molecule has 0 unspecified atom stereocenters. The number of ether oxygens (including phenoxy) is 3. The fraction of sp³-hybridized carbons (Fsp3) is 0.227. The van der Waals surface area contributed by atoms with Gasteiger partial charge in [0.05, 0.1) is 33.3 Å². The molecule has 0 radical (unpaired) electrons. The van der Waals surface area contributed by atoms with Crippen molar-refractivity contribution in [3.8, 4) is 23.0 Å². The number of allylic oxidation sites excluding steroid dienone is 2. The zero-order valence-corrected chi connectivity index (χ0v) is 16.2. The van der Waals surface area contributed by atoms with E-state index in [-0.39, 0.29) is 12.2 Å². The molecular weight excluding hydrogens is 360 g/mol. The van der Waals surface area contributed by atoms with Crippen molar-refractivity contribution in [3.05, 3.63) is 52.6 Å². The molecule has 2 N–H and O–H groups in total. The van der Waals surface area contributed by atoms with Gasteiger partial charge in [-0.1, -0.05) is 6.07 Å². The minimum Gasteiger partial charge on any atom is -0.508 e. The number of fused-ring (bicyclic) bond motifs is 1. The number of hydrogen-bond acceptors (Lipinski definition) is 5. The standard InChI is InChI=1S/C22H22O6/c1-12-16(10-19-20(27-3)8-14(26-2)9-21(19)28-4)15-6-5-13(23)7-18(15)17(12)11-22(24)25/h5-10,23H,11H2,1-4H3,(H,24,25). The highest BCUT2D eigenvalue weighted by Gasteiger charge is 2.26. The lowest BCUT2D eigenvalue weighted by molar-refractivity contribution is -0.135. The number of carboxylic acid groups (broad SMARTS) is 1. The van der Waals surface area contributed by atoms with Gasteiger partial charge in [-0.2, -0.15) is 0 Å². The van der Waals surface area contributed by atoms with E-state index in [1.807, 2.05) is 13.0 Å². The number of phenolic OH excluding ortho intramolecular Hbond substituents is 1. The van der Waals surface area contributed by atoms with Crippen LogP contribution in [-0.2, 0) is 4.79 Å². The van der Waals surface area contributed by atoms with Crippen molar-refractivity contribution in [1.29, 1.82) is 0 Å². The predicted octanol–water partition coefficient (Wildman–Crippen LogP) is 4.22. The normalized spacial score (nSPS) is 14.2. The number of methoxy groups -OCH3 is 3. The molecule has 6 heteroatoms. The van der Waals surface area contributed by atoms with Crippen LogP contribution in [0.4, 0.5) is 0 Å². The van der Waals surface area contributed by atoms with Crippen LogP contribution in [0.5, 0.6) is 23.0 Å². The van der Waals surface area contributed by atoms with E-state index < -0.39 is 5.97 Å². The molecule has 0 bridgehead atoms. The molecule has 0 atom stereocenters. The van der Waals surface area contributed by atoms with Gasteiger partial charge >= 0.3 is 5.97 Å². The lowest BCUT2D eigenvalue weighted by Gasteiger charge is -2.14. The smallest absolute Gasteiger partial charge is 0.307 e. The lowest BCUT2D eigenvalue weighted by Crippen LogP contribution is -1.96. The number of hydrogen-bond donors (Lipinski definition) is 2. The van der Waals surface area contributed by atoms with Crippen LogP contribution in [0.1, 0.15) is 30.0 Å². The molecule has 146 valence electrons. The fourth-order valence-electron chi connectivity index (χ4n) is 3.47. The quantitative estimate of drug-likeness (QED) is 0.778. The highest BCUT2D eigenvalue weighted by molar-refractivity contribution is 6.08. The average molecular weight is 382 g/mol. The Morgan fingerprint density at radius 3 is 2.18 bits per heavy atom. The second kappa shape index (κ2) is 7.68. The van der Waals surface area contributed by atoms with Gasteiger partial charge in [-0.15, -0.1) is 0 Å². The van der Waals surface area contributed by atoms with Crippen LogP contribution in [0.25, 0.3) is 17.2 Å². The van der Waals surface area contributed by atoms with E-state index in [1.165, 1.54) is 0 Å². The van der Waals surface area contributed by atoms with Crippen molar-refractivity contribution >= 4 is 23.2 Å². The van der Waals surface area contributed by atoms with Crippen molar-refractivity contribution < 1.29 is 29.2 Å². The van der Waals surface area contributed by atoms with E-state index in [2.05, 4.69) is 0 Å². The molecule has 3 rings (SSSR count). The molecule has 1 aliphatic carbocycles. The summed E-state index contributed by atoms with van der Waals surface area (Å²) in [5.74, 6) is 0.915. The monoisotopic (exact) mass is 382 g/mol. The predicted molar refractivity (Wildman–Crippen MR) is 107 cm³/mol. The molecule has 0 spiro atoms. The number of aliphatic carboxylic acids is 1. The Bertz CT molecular complexity index is 975. The summed E-state index contributed by atoms with van der Waals surface area (Å²) in [6, 6.07) is 8.50. The summed E-state index contributed by atoms with van der Waals surface area (Å²) in [4.78, 5) is 11.4. The first-order chi connectivity index (χ1) is 13.4. The third kappa shape index (κ3) is 3.41. The molecule has 0 saturated heterocycles. The zero-order valence-electron chi connectivity index (χ0n) is 16.2. The molecule has 6 nitrogen and oxygen atoms in total. The Morgan fingerprint density at radius 2 is 1.64 bits per heavy atom. The molecule has 0 aliphatic heterocycles. The van der Waals surface area contributed by atoms with E-state index in [9.17, 15) is 15.0 Å².